The second-order valence-electron chi connectivity index (χ2n) is 6.83. The van der Waals surface area contributed by atoms with Gasteiger partial charge in [0.2, 0.25) is 0 Å². The van der Waals surface area contributed by atoms with Gasteiger partial charge in [0, 0.05) is 24.2 Å². The van der Waals surface area contributed by atoms with Crippen molar-refractivity contribution < 1.29 is 19.5 Å². The molecule has 4 unspecified atom stereocenters. The zero-order chi connectivity index (χ0) is 18.3. The first-order chi connectivity index (χ1) is 11.2. The normalized spacial score (nSPS) is 29.6. The van der Waals surface area contributed by atoms with Crippen LogP contribution >= 0.6 is 24.8 Å². The van der Waals surface area contributed by atoms with Crippen molar-refractivity contribution in [2.24, 2.45) is 5.10 Å². The van der Waals surface area contributed by atoms with Crippen molar-refractivity contribution in [1.82, 2.24) is 15.4 Å². The van der Waals surface area contributed by atoms with E-state index in [2.05, 4.69) is 60.9 Å². The number of thiocarbonyl (C=S) groups is 1. The van der Waals surface area contributed by atoms with Gasteiger partial charge in [-0.05, 0) is 59.8 Å². The van der Waals surface area contributed by atoms with Gasteiger partial charge in [0.25, 0.3) is 0 Å². The van der Waals surface area contributed by atoms with Gasteiger partial charge in [0.15, 0.2) is 0 Å². The molecule has 25 heavy (non-hydrogen) atoms. The molecule has 0 amide bonds. The number of thiol groups is 1. The first-order valence-electron chi connectivity index (χ1n) is 8.71. The molecule has 2 fully saturated rings. The molecule has 0 radical (unpaired) electrons. The van der Waals surface area contributed by atoms with Crippen molar-refractivity contribution in [3.8, 4) is 0 Å². The molecule has 0 aromatic carbocycles. The smallest absolute Gasteiger partial charge is 0.787 e. The van der Waals surface area contributed by atoms with Gasteiger partial charge in [-0.2, -0.15) is 0 Å². The topological polar surface area (TPSA) is 30.9 Å². The number of piperidine rings is 2. The molecule has 0 saturated carbocycles. The number of nitrogens with zero attached hydrogens (tertiary/aromatic N) is 3. The molecule has 0 aromatic heterocycles. The van der Waals surface area contributed by atoms with Gasteiger partial charge < -0.3 is 30.7 Å². The van der Waals surface area contributed by atoms with Crippen molar-refractivity contribution in [2.45, 2.75) is 90.4 Å². The van der Waals surface area contributed by atoms with E-state index in [4.69, 9.17) is 37.5 Å². The maximum atomic E-state index is 4.89. The summed E-state index contributed by atoms with van der Waals surface area (Å²) in [4.78, 5) is 0. The molecule has 9 heteroatoms. The van der Waals surface area contributed by atoms with Crippen molar-refractivity contribution in [3.05, 3.63) is 0 Å². The quantitative estimate of drug-likeness (QED) is 0.160. The summed E-state index contributed by atoms with van der Waals surface area (Å²) in [5.41, 5.74) is 3.11. The summed E-state index contributed by atoms with van der Waals surface area (Å²) in [7, 11) is 0. The van der Waals surface area contributed by atoms with Crippen molar-refractivity contribution >= 4 is 58.8 Å². The fourth-order valence-electron chi connectivity index (χ4n) is 3.45. The Morgan fingerprint density at radius 3 is 1.72 bits per heavy atom. The molecule has 140 valence electrons. The number of hydrogen-bond donors (Lipinski definition) is 2. The molecule has 2 aliphatic rings. The third-order valence-corrected chi connectivity index (χ3v) is 5.12. The maximum Gasteiger partial charge on any atom is 2.00 e. The van der Waals surface area contributed by atoms with Crippen LogP contribution in [0.25, 0.3) is 0 Å². The maximum absolute atomic E-state index is 4.89. The molecule has 0 aliphatic carbocycles. The van der Waals surface area contributed by atoms with E-state index in [1.807, 2.05) is 0 Å². The van der Waals surface area contributed by atoms with Gasteiger partial charge in [-0.25, -0.2) is 14.5 Å². The summed E-state index contributed by atoms with van der Waals surface area (Å²) in [5.74, 6) is 0. The molecule has 2 rings (SSSR count). The van der Waals surface area contributed by atoms with E-state index in [1.165, 1.54) is 38.5 Å². The Hall–Kier alpha value is 0.733. The summed E-state index contributed by atoms with van der Waals surface area (Å²) in [6.07, 6.45) is 7.50. The Bertz CT molecular complexity index is 414. The molecule has 0 aromatic rings. The van der Waals surface area contributed by atoms with Gasteiger partial charge in [-0.15, -0.1) is 12.6 Å². The molecular formula is C16H30N4S4Zn. The van der Waals surface area contributed by atoms with Crippen molar-refractivity contribution in [2.75, 3.05) is 0 Å². The third kappa shape index (κ3) is 9.47. The molecule has 2 heterocycles. The summed E-state index contributed by atoms with van der Waals surface area (Å²) in [6.45, 7) is 8.78. The number of hydrazine groups is 1. The van der Waals surface area contributed by atoms with Gasteiger partial charge in [-0.1, -0.05) is 18.6 Å². The predicted molar refractivity (Wildman–Crippen MR) is 116 cm³/mol. The standard InChI is InChI=1S/2C8H16N2S2.Zn/c2*1-6-4-3-5-7(2)10(6)9-8(11)12;/h2*6-7H,3-5H2,1-2H3,(H2,9,11,12);/q;;+2/p-2. The van der Waals surface area contributed by atoms with E-state index in [0.717, 1.165) is 0 Å². The predicted octanol–water partition coefficient (Wildman–Crippen LogP) is 3.58. The first kappa shape index (κ1) is 25.7. The Morgan fingerprint density at radius 1 is 0.960 bits per heavy atom. The minimum Gasteiger partial charge on any atom is -0.787 e. The van der Waals surface area contributed by atoms with E-state index in [0.29, 0.717) is 32.9 Å². The number of hydrazone groups is 1. The minimum atomic E-state index is 0. The van der Waals surface area contributed by atoms with Crippen LogP contribution in [0.15, 0.2) is 5.10 Å². The van der Waals surface area contributed by atoms with Gasteiger partial charge in [0.05, 0.1) is 0 Å². The van der Waals surface area contributed by atoms with E-state index in [9.17, 15) is 0 Å². The van der Waals surface area contributed by atoms with Crippen LogP contribution in [0.2, 0.25) is 0 Å². The van der Waals surface area contributed by atoms with Crippen molar-refractivity contribution in [1.29, 1.82) is 0 Å². The van der Waals surface area contributed by atoms with E-state index >= 15 is 0 Å². The second-order valence-corrected chi connectivity index (χ2v) is 9.02. The fraction of sp³-hybridized carbons (Fsp3) is 0.875. The van der Waals surface area contributed by atoms with Crippen LogP contribution in [-0.2, 0) is 44.7 Å². The SMILES string of the molecule is CC1CCCC(C)N1N=C([S-])[S-].CC1CCCC(C)N1NC(=S)S.[Zn+2]. The van der Waals surface area contributed by atoms with E-state index < -0.39 is 0 Å². The molecule has 0 bridgehead atoms. The summed E-state index contributed by atoms with van der Waals surface area (Å²) >= 11 is 18.5. The summed E-state index contributed by atoms with van der Waals surface area (Å²) in [6, 6.07) is 2.13. The van der Waals surface area contributed by atoms with E-state index in [1.54, 1.807) is 0 Å². The molecule has 1 N–H and O–H groups in total. The monoisotopic (exact) mass is 470 g/mol. The third-order valence-electron chi connectivity index (χ3n) is 4.76. The van der Waals surface area contributed by atoms with Gasteiger partial charge >= 0.3 is 19.5 Å². The minimum absolute atomic E-state index is 0. The van der Waals surface area contributed by atoms with Crippen LogP contribution in [0.3, 0.4) is 0 Å². The molecule has 4 atom stereocenters. The van der Waals surface area contributed by atoms with Crippen LogP contribution in [0, 0.1) is 0 Å². The number of hydrogen-bond acceptors (Lipinski definition) is 6. The zero-order valence-corrected chi connectivity index (χ0v) is 22.1. The second kappa shape index (κ2) is 13.0. The fourth-order valence-corrected chi connectivity index (χ4v) is 3.86. The number of nitrogens with one attached hydrogen (secondary N) is 1. The molecule has 2 aliphatic heterocycles. The van der Waals surface area contributed by atoms with Crippen LogP contribution in [0.1, 0.15) is 66.2 Å². The number of rotatable bonds is 2. The van der Waals surface area contributed by atoms with Crippen LogP contribution in [0.4, 0.5) is 0 Å². The van der Waals surface area contributed by atoms with E-state index in [-0.39, 0.29) is 19.5 Å². The molecule has 0 spiro atoms. The van der Waals surface area contributed by atoms with Crippen LogP contribution in [0.5, 0.6) is 0 Å². The molecule has 4 nitrogen and oxygen atoms in total. The molecule has 2 saturated heterocycles. The Morgan fingerprint density at radius 2 is 1.36 bits per heavy atom. The summed E-state index contributed by atoms with van der Waals surface area (Å²) < 4.78 is 0.895. The van der Waals surface area contributed by atoms with Crippen molar-refractivity contribution in [3.63, 3.8) is 0 Å². The Kier molecular flexibility index (Phi) is 13.4. The first-order valence-corrected chi connectivity index (χ1v) is 10.4. The molecular weight excluding hydrogens is 442 g/mol. The van der Waals surface area contributed by atoms with Crippen LogP contribution < -0.4 is 5.43 Å². The van der Waals surface area contributed by atoms with Crippen LogP contribution in [-0.4, -0.2) is 42.9 Å². The average molecular weight is 472 g/mol. The largest absolute Gasteiger partial charge is 2.00 e. The Balaban J connectivity index is 0.000000443. The summed E-state index contributed by atoms with van der Waals surface area (Å²) in [5, 5.41) is 8.44. The average Bonchev–Trinajstić information content (AvgIpc) is 2.47. The van der Waals surface area contributed by atoms with Gasteiger partial charge in [0.1, 0.15) is 4.32 Å². The Labute approximate surface area is 188 Å². The zero-order valence-electron chi connectivity index (χ0n) is 15.8. The van der Waals surface area contributed by atoms with Gasteiger partial charge in [-0.3, -0.25) is 5.01 Å².